The maximum Gasteiger partial charge on any atom is 0.223 e. The number of piperidine rings is 1. The van der Waals surface area contributed by atoms with E-state index in [1.54, 1.807) is 0 Å². The summed E-state index contributed by atoms with van der Waals surface area (Å²) in [6.07, 6.45) is 5.31. The largest absolute Gasteiger partial charge is 0.381 e. The number of carbonyl (C=O) groups is 1. The zero-order valence-corrected chi connectivity index (χ0v) is 12.9. The molecule has 0 aromatic carbocycles. The van der Waals surface area contributed by atoms with Crippen LogP contribution in [0.3, 0.4) is 0 Å². The van der Waals surface area contributed by atoms with Crippen LogP contribution in [-0.2, 0) is 9.53 Å². The van der Waals surface area contributed by atoms with Crippen molar-refractivity contribution >= 4 is 5.91 Å². The van der Waals surface area contributed by atoms with E-state index in [9.17, 15) is 4.79 Å². The lowest BCUT2D eigenvalue weighted by atomic mass is 9.84. The summed E-state index contributed by atoms with van der Waals surface area (Å²) >= 11 is 0. The van der Waals surface area contributed by atoms with Crippen molar-refractivity contribution in [2.24, 2.45) is 5.92 Å². The Morgan fingerprint density at radius 3 is 2.50 bits per heavy atom. The van der Waals surface area contributed by atoms with Gasteiger partial charge in [0.2, 0.25) is 5.91 Å². The van der Waals surface area contributed by atoms with Gasteiger partial charge in [-0.3, -0.25) is 9.69 Å². The van der Waals surface area contributed by atoms with Gasteiger partial charge >= 0.3 is 0 Å². The molecule has 20 heavy (non-hydrogen) atoms. The first-order chi connectivity index (χ1) is 9.69. The number of rotatable bonds is 4. The van der Waals surface area contributed by atoms with Crippen LogP contribution in [0.4, 0.5) is 0 Å². The highest BCUT2D eigenvalue weighted by molar-refractivity contribution is 5.78. The molecule has 3 atom stereocenters. The summed E-state index contributed by atoms with van der Waals surface area (Å²) in [7, 11) is 0. The maximum absolute atomic E-state index is 12.5. The first-order valence-corrected chi connectivity index (χ1v) is 8.32. The van der Waals surface area contributed by atoms with E-state index in [0.29, 0.717) is 30.0 Å². The molecule has 0 spiro atoms. The summed E-state index contributed by atoms with van der Waals surface area (Å²) in [5, 5.41) is 0. The number of hydrogen-bond acceptors (Lipinski definition) is 3. The number of nitrogens with zero attached hydrogens (tertiary/aromatic N) is 2. The molecule has 4 fully saturated rings. The fraction of sp³-hybridized carbons (Fsp3) is 0.938. The van der Waals surface area contributed by atoms with Gasteiger partial charge in [-0.25, -0.2) is 0 Å². The summed E-state index contributed by atoms with van der Waals surface area (Å²) in [6.45, 7) is 8.41. The van der Waals surface area contributed by atoms with Crippen molar-refractivity contribution in [2.45, 2.75) is 64.1 Å². The molecule has 4 rings (SSSR count). The van der Waals surface area contributed by atoms with E-state index in [2.05, 4.69) is 23.6 Å². The summed E-state index contributed by atoms with van der Waals surface area (Å²) in [4.78, 5) is 17.3. The van der Waals surface area contributed by atoms with Gasteiger partial charge in [-0.05, 0) is 38.5 Å². The molecule has 0 aliphatic carbocycles. The molecule has 0 radical (unpaired) electrons. The molecule has 0 aromatic rings. The minimum atomic E-state index is 0.405. The summed E-state index contributed by atoms with van der Waals surface area (Å²) in [5.41, 5.74) is 0. The van der Waals surface area contributed by atoms with Gasteiger partial charge in [0.25, 0.3) is 0 Å². The Hall–Kier alpha value is -0.610. The van der Waals surface area contributed by atoms with Gasteiger partial charge in [-0.15, -0.1) is 0 Å². The van der Waals surface area contributed by atoms with E-state index >= 15 is 0 Å². The van der Waals surface area contributed by atoms with E-state index in [-0.39, 0.29) is 0 Å². The van der Waals surface area contributed by atoms with Gasteiger partial charge in [0.1, 0.15) is 0 Å². The van der Waals surface area contributed by atoms with E-state index in [1.807, 2.05) is 0 Å². The predicted molar refractivity (Wildman–Crippen MR) is 78.5 cm³/mol. The van der Waals surface area contributed by atoms with Crippen LogP contribution < -0.4 is 0 Å². The van der Waals surface area contributed by atoms with Gasteiger partial charge in [0.05, 0.1) is 0 Å². The molecule has 4 aliphatic heterocycles. The third kappa shape index (κ3) is 2.73. The molecule has 0 N–H and O–H groups in total. The van der Waals surface area contributed by atoms with Crippen molar-refractivity contribution in [3.05, 3.63) is 0 Å². The Morgan fingerprint density at radius 1 is 1.25 bits per heavy atom. The van der Waals surface area contributed by atoms with Crippen LogP contribution in [0, 0.1) is 5.92 Å². The lowest BCUT2D eigenvalue weighted by Gasteiger charge is -2.57. The van der Waals surface area contributed by atoms with Gasteiger partial charge < -0.3 is 9.64 Å². The molecule has 4 heteroatoms. The maximum atomic E-state index is 12.5. The molecule has 4 nitrogen and oxygen atoms in total. The first-order valence-electron chi connectivity index (χ1n) is 8.32. The Morgan fingerprint density at radius 2 is 1.90 bits per heavy atom. The van der Waals surface area contributed by atoms with Crippen LogP contribution >= 0.6 is 0 Å². The average molecular weight is 280 g/mol. The Balaban J connectivity index is 1.51. The fourth-order valence-corrected chi connectivity index (χ4v) is 3.97. The number of hydrogen-bond donors (Lipinski definition) is 0. The third-order valence-corrected chi connectivity index (χ3v) is 5.53. The second-order valence-electron chi connectivity index (χ2n) is 6.82. The molecule has 0 aromatic heterocycles. The van der Waals surface area contributed by atoms with Crippen LogP contribution in [-0.4, -0.2) is 60.1 Å². The number of ether oxygens (including phenoxy) is 1. The zero-order valence-electron chi connectivity index (χ0n) is 12.9. The van der Waals surface area contributed by atoms with E-state index < -0.39 is 0 Å². The highest BCUT2D eigenvalue weighted by Gasteiger charge is 2.47. The number of carbonyl (C=O) groups excluding carboxylic acids is 1. The lowest BCUT2D eigenvalue weighted by molar-refractivity contribution is -0.157. The second kappa shape index (κ2) is 6.02. The van der Waals surface area contributed by atoms with Crippen molar-refractivity contribution in [3.63, 3.8) is 0 Å². The molecular formula is C16H28N2O2. The number of fused-ring (bicyclic) bond motifs is 2. The molecule has 4 aliphatic rings. The topological polar surface area (TPSA) is 32.8 Å². The molecule has 1 amide bonds. The molecule has 2 bridgehead atoms. The zero-order chi connectivity index (χ0) is 14.1. The van der Waals surface area contributed by atoms with Crippen molar-refractivity contribution in [2.75, 3.05) is 26.3 Å². The third-order valence-electron chi connectivity index (χ3n) is 5.53. The second-order valence-corrected chi connectivity index (χ2v) is 6.82. The smallest absolute Gasteiger partial charge is 0.223 e. The lowest BCUT2D eigenvalue weighted by Crippen LogP contribution is -2.71. The van der Waals surface area contributed by atoms with Gasteiger partial charge in [-0.1, -0.05) is 6.92 Å². The van der Waals surface area contributed by atoms with Crippen LogP contribution in [0.1, 0.15) is 46.0 Å². The van der Waals surface area contributed by atoms with Crippen LogP contribution in [0.2, 0.25) is 0 Å². The minimum Gasteiger partial charge on any atom is -0.381 e. The van der Waals surface area contributed by atoms with Gasteiger partial charge in [-0.2, -0.15) is 0 Å². The van der Waals surface area contributed by atoms with Crippen LogP contribution in [0.5, 0.6) is 0 Å². The predicted octanol–water partition coefficient (Wildman–Crippen LogP) is 1.89. The molecule has 4 heterocycles. The number of amides is 1. The average Bonchev–Trinajstić information content (AvgIpc) is 2.47. The Bertz CT molecular complexity index is 342. The Kier molecular flexibility index (Phi) is 4.32. The highest BCUT2D eigenvalue weighted by Crippen LogP contribution is 2.35. The van der Waals surface area contributed by atoms with E-state index in [0.717, 1.165) is 45.6 Å². The molecular weight excluding hydrogens is 252 g/mol. The molecule has 3 unspecified atom stereocenters. The summed E-state index contributed by atoms with van der Waals surface area (Å²) in [6, 6.07) is 1.65. The fourth-order valence-electron chi connectivity index (χ4n) is 3.97. The van der Waals surface area contributed by atoms with Gasteiger partial charge in [0, 0.05) is 50.8 Å². The van der Waals surface area contributed by atoms with Crippen molar-refractivity contribution in [1.29, 1.82) is 0 Å². The normalized spacial score (nSPS) is 32.8. The standard InChI is InChI=1S/C16H28N2O2/c1-3-12(2)17-10-14-9-15(11-17)18(14)16(19)8-13-4-6-20-7-5-13/h12-15H,3-11H2,1-2H3. The SMILES string of the molecule is CCC(C)N1CC2CC(C1)N2C(=O)CC1CCOCC1. The highest BCUT2D eigenvalue weighted by atomic mass is 16.5. The molecule has 4 saturated heterocycles. The van der Waals surface area contributed by atoms with Gasteiger partial charge in [0.15, 0.2) is 0 Å². The van der Waals surface area contributed by atoms with Crippen LogP contribution in [0.25, 0.3) is 0 Å². The quantitative estimate of drug-likeness (QED) is 0.788. The van der Waals surface area contributed by atoms with Crippen molar-refractivity contribution < 1.29 is 9.53 Å². The van der Waals surface area contributed by atoms with E-state index in [4.69, 9.17) is 4.74 Å². The van der Waals surface area contributed by atoms with Crippen molar-refractivity contribution in [3.8, 4) is 0 Å². The number of piperazine rings is 1. The van der Waals surface area contributed by atoms with Crippen LogP contribution in [0.15, 0.2) is 0 Å². The minimum absolute atomic E-state index is 0.405. The summed E-state index contributed by atoms with van der Waals surface area (Å²) < 4.78 is 5.38. The Labute approximate surface area is 122 Å². The first kappa shape index (κ1) is 14.3. The summed E-state index contributed by atoms with van der Waals surface area (Å²) in [5.74, 6) is 0.963. The van der Waals surface area contributed by atoms with E-state index in [1.165, 1.54) is 12.8 Å². The molecule has 0 saturated carbocycles. The van der Waals surface area contributed by atoms with Crippen molar-refractivity contribution in [1.82, 2.24) is 9.80 Å². The monoisotopic (exact) mass is 280 g/mol. The molecule has 114 valence electrons.